The number of rotatable bonds is 5. The zero-order valence-electron chi connectivity index (χ0n) is 24.5. The third kappa shape index (κ3) is 4.61. The predicted molar refractivity (Wildman–Crippen MR) is 154 cm³/mol. The molecule has 3 aromatic heterocycles. The highest BCUT2D eigenvalue weighted by molar-refractivity contribution is 6.01. The number of aryl methyl sites for hydroxylation is 1. The largest absolute Gasteiger partial charge is 0.461 e. The Morgan fingerprint density at radius 3 is 2.62 bits per heavy atom. The fourth-order valence-electron chi connectivity index (χ4n) is 8.34. The summed E-state index contributed by atoms with van der Waals surface area (Å²) in [5.74, 6) is -1.36. The number of hydrogen-bond donors (Lipinski definition) is 1. The van der Waals surface area contributed by atoms with Crippen molar-refractivity contribution in [2.75, 3.05) is 37.7 Å². The summed E-state index contributed by atoms with van der Waals surface area (Å²) in [6.45, 7) is 3.84. The van der Waals surface area contributed by atoms with Crippen LogP contribution < -0.4 is 9.64 Å². The molecule has 2 unspecified atom stereocenters. The van der Waals surface area contributed by atoms with Crippen LogP contribution in [0.3, 0.4) is 0 Å². The first-order valence-electron chi connectivity index (χ1n) is 15.4. The van der Waals surface area contributed by atoms with Crippen LogP contribution in [0.1, 0.15) is 49.8 Å². The minimum absolute atomic E-state index is 0.0336. The molecule has 3 saturated heterocycles. The topological polar surface area (TPSA) is 83.1 Å². The number of pyridine rings is 1. The van der Waals surface area contributed by atoms with E-state index in [1.54, 1.807) is 0 Å². The van der Waals surface area contributed by atoms with Gasteiger partial charge in [-0.3, -0.25) is 10.00 Å². The van der Waals surface area contributed by atoms with Gasteiger partial charge in [0, 0.05) is 43.2 Å². The number of anilines is 1. The van der Waals surface area contributed by atoms with E-state index in [1.165, 1.54) is 6.92 Å². The summed E-state index contributed by atoms with van der Waals surface area (Å²) in [4.78, 5) is 16.9. The molecule has 1 saturated carbocycles. The molecule has 3 aliphatic heterocycles. The Labute approximate surface area is 254 Å². The highest BCUT2D eigenvalue weighted by Gasteiger charge is 2.49. The second kappa shape index (κ2) is 10.2. The van der Waals surface area contributed by atoms with Gasteiger partial charge in [0.25, 0.3) is 0 Å². The predicted octanol–water partition coefficient (Wildman–Crippen LogP) is 6.37. The summed E-state index contributed by atoms with van der Waals surface area (Å²) in [7, 11) is 0. The minimum Gasteiger partial charge on any atom is -0.461 e. The molecule has 1 aromatic carbocycles. The van der Waals surface area contributed by atoms with Crippen molar-refractivity contribution in [2.45, 2.75) is 63.3 Å². The van der Waals surface area contributed by atoms with Gasteiger partial charge in [-0.15, -0.1) is 0 Å². The van der Waals surface area contributed by atoms with Gasteiger partial charge in [0.2, 0.25) is 0 Å². The standard InChI is InChI=1S/C31H31F6N7O/c1-15-22-23(20(31(35,36)37)10-38-27(22)42-41-15)24-21(33)8-19-26(25(24)34)39-29(40-28(19)43-11-16-3-4-17(7-16)12-43)45-14-30-5-2-6-44(30)13-18(32)9-30/h8,10,16-18H,2-7,9,11-14H2,1H3,(H,38,41,42)/t16?,17?,18-,30+/m1/s1. The number of nitrogens with zero attached hydrogens (tertiary/aromatic N) is 6. The van der Waals surface area contributed by atoms with Gasteiger partial charge in [-0.25, -0.2) is 18.2 Å². The Morgan fingerprint density at radius 1 is 1.09 bits per heavy atom. The Morgan fingerprint density at radius 2 is 1.87 bits per heavy atom. The molecule has 6 heterocycles. The highest BCUT2D eigenvalue weighted by atomic mass is 19.4. The summed E-state index contributed by atoms with van der Waals surface area (Å²) >= 11 is 0. The maximum absolute atomic E-state index is 16.8. The van der Waals surface area contributed by atoms with Crippen molar-refractivity contribution in [3.63, 3.8) is 0 Å². The summed E-state index contributed by atoms with van der Waals surface area (Å²) in [5, 5.41) is 6.40. The second-order valence-corrected chi connectivity index (χ2v) is 13.2. The molecule has 4 fully saturated rings. The normalized spacial score (nSPS) is 26.8. The molecule has 238 valence electrons. The number of nitrogens with one attached hydrogen (secondary N) is 1. The van der Waals surface area contributed by atoms with Crippen LogP contribution in [0.4, 0.5) is 32.2 Å². The van der Waals surface area contributed by atoms with Crippen LogP contribution in [0.2, 0.25) is 0 Å². The number of benzene rings is 1. The summed E-state index contributed by atoms with van der Waals surface area (Å²) in [5.41, 5.74) is -3.67. The highest BCUT2D eigenvalue weighted by Crippen LogP contribution is 2.46. The summed E-state index contributed by atoms with van der Waals surface area (Å²) < 4.78 is 96.4. The Hall–Kier alpha value is -3.68. The van der Waals surface area contributed by atoms with E-state index < -0.39 is 46.2 Å². The SMILES string of the molecule is Cc1n[nH]c2ncc(C(F)(F)F)c(-c3c(F)cc4c(N5CC6CCC(C6)C5)nc(OC[C@@]56CCCN5C[C@H](F)C6)nc4c3F)c12. The van der Waals surface area contributed by atoms with E-state index in [-0.39, 0.29) is 46.1 Å². The van der Waals surface area contributed by atoms with Gasteiger partial charge >= 0.3 is 12.2 Å². The summed E-state index contributed by atoms with van der Waals surface area (Å²) in [6, 6.07) is 0.846. The van der Waals surface area contributed by atoms with Crippen LogP contribution in [0, 0.1) is 30.4 Å². The van der Waals surface area contributed by atoms with Gasteiger partial charge in [0.15, 0.2) is 11.5 Å². The van der Waals surface area contributed by atoms with E-state index in [0.717, 1.165) is 44.7 Å². The van der Waals surface area contributed by atoms with E-state index in [0.29, 0.717) is 44.1 Å². The number of H-pyrrole nitrogens is 1. The van der Waals surface area contributed by atoms with Gasteiger partial charge in [0.05, 0.1) is 27.7 Å². The number of aromatic nitrogens is 5. The number of fused-ring (bicyclic) bond motifs is 5. The van der Waals surface area contributed by atoms with Crippen LogP contribution in [-0.2, 0) is 6.18 Å². The molecule has 14 heteroatoms. The average molecular weight is 632 g/mol. The second-order valence-electron chi connectivity index (χ2n) is 13.2. The Bertz CT molecular complexity index is 1820. The number of aromatic amines is 1. The Balaban J connectivity index is 1.31. The zero-order chi connectivity index (χ0) is 31.2. The molecular weight excluding hydrogens is 600 g/mol. The van der Waals surface area contributed by atoms with Crippen molar-refractivity contribution in [3.8, 4) is 17.1 Å². The third-order valence-corrected chi connectivity index (χ3v) is 10.3. The number of alkyl halides is 4. The molecule has 0 spiro atoms. The maximum Gasteiger partial charge on any atom is 0.418 e. The van der Waals surface area contributed by atoms with E-state index in [2.05, 4.69) is 30.0 Å². The average Bonchev–Trinajstić information content (AvgIpc) is 3.73. The maximum atomic E-state index is 16.8. The molecule has 45 heavy (non-hydrogen) atoms. The van der Waals surface area contributed by atoms with Gasteiger partial charge in [-0.2, -0.15) is 28.2 Å². The molecule has 4 aliphatic rings. The van der Waals surface area contributed by atoms with Crippen molar-refractivity contribution < 1.29 is 31.1 Å². The van der Waals surface area contributed by atoms with Gasteiger partial charge in [-0.05, 0) is 63.5 Å². The van der Waals surface area contributed by atoms with Gasteiger partial charge in [-0.1, -0.05) is 0 Å². The molecule has 4 atom stereocenters. The molecule has 8 rings (SSSR count). The lowest BCUT2D eigenvalue weighted by Gasteiger charge is -2.34. The first kappa shape index (κ1) is 28.8. The van der Waals surface area contributed by atoms with E-state index in [4.69, 9.17) is 4.74 Å². The van der Waals surface area contributed by atoms with Crippen molar-refractivity contribution >= 4 is 27.8 Å². The number of ether oxygens (including phenoxy) is 1. The number of halogens is 6. The molecular formula is C31H31F6N7O. The first-order chi connectivity index (χ1) is 21.5. The number of piperidine rings is 1. The molecule has 4 aromatic rings. The quantitative estimate of drug-likeness (QED) is 0.257. The minimum atomic E-state index is -4.96. The summed E-state index contributed by atoms with van der Waals surface area (Å²) in [6.07, 6.45) is -0.312. The van der Waals surface area contributed by atoms with Crippen molar-refractivity contribution in [1.82, 2.24) is 30.0 Å². The first-order valence-corrected chi connectivity index (χ1v) is 15.4. The fourth-order valence-corrected chi connectivity index (χ4v) is 8.34. The lowest BCUT2D eigenvalue weighted by molar-refractivity contribution is -0.137. The monoisotopic (exact) mass is 631 g/mol. The van der Waals surface area contributed by atoms with Gasteiger partial charge < -0.3 is 9.64 Å². The van der Waals surface area contributed by atoms with Crippen LogP contribution in [0.5, 0.6) is 6.01 Å². The number of hydrogen-bond acceptors (Lipinski definition) is 7. The van der Waals surface area contributed by atoms with Gasteiger partial charge in [0.1, 0.15) is 29.9 Å². The lowest BCUT2D eigenvalue weighted by Crippen LogP contribution is -2.43. The van der Waals surface area contributed by atoms with E-state index in [1.807, 2.05) is 4.90 Å². The molecule has 1 aliphatic carbocycles. The van der Waals surface area contributed by atoms with E-state index in [9.17, 15) is 17.6 Å². The molecule has 1 N–H and O–H groups in total. The smallest absolute Gasteiger partial charge is 0.418 e. The molecule has 0 amide bonds. The lowest BCUT2D eigenvalue weighted by atomic mass is 9.94. The van der Waals surface area contributed by atoms with Crippen molar-refractivity contribution in [1.29, 1.82) is 0 Å². The fraction of sp³-hybridized carbons (Fsp3) is 0.548. The molecule has 8 nitrogen and oxygen atoms in total. The van der Waals surface area contributed by atoms with Crippen LogP contribution in [0.15, 0.2) is 12.3 Å². The van der Waals surface area contributed by atoms with Crippen molar-refractivity contribution in [2.24, 2.45) is 11.8 Å². The van der Waals surface area contributed by atoms with Crippen LogP contribution in [-0.4, -0.2) is 74.5 Å². The van der Waals surface area contributed by atoms with E-state index >= 15 is 8.78 Å². The zero-order valence-corrected chi connectivity index (χ0v) is 24.5. The molecule has 0 radical (unpaired) electrons. The third-order valence-electron chi connectivity index (χ3n) is 10.3. The van der Waals surface area contributed by atoms with Crippen molar-refractivity contribution in [3.05, 3.63) is 35.2 Å². The van der Waals surface area contributed by atoms with Crippen LogP contribution >= 0.6 is 0 Å². The molecule has 2 bridgehead atoms. The van der Waals surface area contributed by atoms with Crippen LogP contribution in [0.25, 0.3) is 33.1 Å². The Kier molecular flexibility index (Phi) is 6.50.